The van der Waals surface area contributed by atoms with Crippen molar-refractivity contribution in [2.45, 2.75) is 12.5 Å². The number of fused-ring (bicyclic) bond motifs is 1. The number of aldehydes is 1. The first-order valence-corrected chi connectivity index (χ1v) is 10.4. The molecule has 1 unspecified atom stereocenters. The number of aromatic nitrogens is 3. The summed E-state index contributed by atoms with van der Waals surface area (Å²) < 4.78 is 35.1. The van der Waals surface area contributed by atoms with E-state index in [0.29, 0.717) is 28.4 Å². The minimum Gasteiger partial charge on any atom is -0.453 e. The second-order valence-electron chi connectivity index (χ2n) is 7.99. The van der Waals surface area contributed by atoms with Crippen molar-refractivity contribution in [3.63, 3.8) is 0 Å². The lowest BCUT2D eigenvalue weighted by Crippen LogP contribution is -2.23. The molecule has 1 atom stereocenters. The van der Waals surface area contributed by atoms with Crippen LogP contribution in [0, 0.1) is 11.6 Å². The molecule has 0 amide bonds. The number of nitrogens with one attached hydrogen (secondary N) is 2. The van der Waals surface area contributed by atoms with Crippen LogP contribution in [0.4, 0.5) is 8.78 Å². The highest BCUT2D eigenvalue weighted by atomic mass is 19.1. The molecule has 3 aromatic carbocycles. The second-order valence-corrected chi connectivity index (χ2v) is 7.99. The van der Waals surface area contributed by atoms with Crippen molar-refractivity contribution in [3.8, 4) is 22.9 Å². The van der Waals surface area contributed by atoms with Gasteiger partial charge in [-0.25, -0.2) is 13.8 Å². The van der Waals surface area contributed by atoms with Crippen molar-refractivity contribution in [2.24, 2.45) is 0 Å². The van der Waals surface area contributed by atoms with E-state index < -0.39 is 17.2 Å². The first-order chi connectivity index (χ1) is 16.4. The number of benzene rings is 3. The van der Waals surface area contributed by atoms with E-state index in [1.807, 2.05) is 6.07 Å². The van der Waals surface area contributed by atoms with E-state index in [4.69, 9.17) is 4.74 Å². The molecule has 170 valence electrons. The van der Waals surface area contributed by atoms with Crippen molar-refractivity contribution in [2.75, 3.05) is 0 Å². The number of hydrogen-bond donors (Lipinski definition) is 3. The van der Waals surface area contributed by atoms with Gasteiger partial charge in [0.25, 0.3) is 0 Å². The fourth-order valence-electron chi connectivity index (χ4n) is 3.89. The minimum absolute atomic E-state index is 0.0429. The van der Waals surface area contributed by atoms with Crippen LogP contribution in [0.5, 0.6) is 11.5 Å². The molecular formula is C26H19F2N3O3. The third-order valence-corrected chi connectivity index (χ3v) is 5.77. The van der Waals surface area contributed by atoms with Gasteiger partial charge in [-0.05, 0) is 36.8 Å². The van der Waals surface area contributed by atoms with Crippen LogP contribution in [-0.4, -0.2) is 26.3 Å². The predicted octanol–water partition coefficient (Wildman–Crippen LogP) is 5.70. The zero-order valence-electron chi connectivity index (χ0n) is 18.0. The number of aliphatic hydroxyl groups is 1. The van der Waals surface area contributed by atoms with E-state index >= 15 is 0 Å². The summed E-state index contributed by atoms with van der Waals surface area (Å²) in [6.45, 7) is 1.61. The van der Waals surface area contributed by atoms with Crippen molar-refractivity contribution in [1.29, 1.82) is 0 Å². The molecule has 8 heteroatoms. The normalized spacial score (nSPS) is 13.1. The molecule has 0 aliphatic heterocycles. The van der Waals surface area contributed by atoms with Crippen LogP contribution in [0.1, 0.15) is 28.5 Å². The van der Waals surface area contributed by atoms with E-state index in [0.717, 1.165) is 6.07 Å². The molecule has 2 heterocycles. The summed E-state index contributed by atoms with van der Waals surface area (Å²) in [5.41, 5.74) is 0.182. The van der Waals surface area contributed by atoms with Gasteiger partial charge >= 0.3 is 0 Å². The fourth-order valence-corrected chi connectivity index (χ4v) is 3.89. The van der Waals surface area contributed by atoms with Crippen molar-refractivity contribution in [1.82, 2.24) is 15.0 Å². The maximum Gasteiger partial charge on any atom is 0.174 e. The Morgan fingerprint density at radius 2 is 1.85 bits per heavy atom. The Morgan fingerprint density at radius 1 is 1.06 bits per heavy atom. The molecule has 3 N–H and O–H groups in total. The number of ether oxygens (including phenoxy) is 1. The molecule has 0 fully saturated rings. The maximum atomic E-state index is 14.7. The van der Waals surface area contributed by atoms with E-state index in [2.05, 4.69) is 15.0 Å². The van der Waals surface area contributed by atoms with Gasteiger partial charge in [0, 0.05) is 23.2 Å². The smallest absolute Gasteiger partial charge is 0.174 e. The number of hydrogen-bond acceptors (Lipinski definition) is 4. The highest BCUT2D eigenvalue weighted by Gasteiger charge is 2.28. The van der Waals surface area contributed by atoms with Gasteiger partial charge in [0.2, 0.25) is 0 Å². The summed E-state index contributed by atoms with van der Waals surface area (Å²) in [6, 6.07) is 15.7. The molecule has 0 spiro atoms. The summed E-state index contributed by atoms with van der Waals surface area (Å²) in [6.07, 6.45) is 3.54. The highest BCUT2D eigenvalue weighted by Crippen LogP contribution is 2.36. The Labute approximate surface area is 192 Å². The minimum atomic E-state index is -1.38. The van der Waals surface area contributed by atoms with E-state index in [9.17, 15) is 18.7 Å². The quantitative estimate of drug-likeness (QED) is 0.284. The van der Waals surface area contributed by atoms with Crippen LogP contribution >= 0.6 is 0 Å². The molecule has 5 rings (SSSR count). The van der Waals surface area contributed by atoms with Gasteiger partial charge in [-0.2, -0.15) is 0 Å². The van der Waals surface area contributed by atoms with Gasteiger partial charge in [-0.15, -0.1) is 0 Å². The van der Waals surface area contributed by atoms with E-state index in [1.54, 1.807) is 43.5 Å². The number of carbonyl (C=O) groups is 1. The lowest BCUT2D eigenvalue weighted by molar-refractivity contribution is 0.0979. The largest absolute Gasteiger partial charge is 0.453 e. The number of H-pyrrole nitrogens is 2. The third kappa shape index (κ3) is 3.64. The number of nitrogens with zero attached hydrogens (tertiary/aromatic N) is 1. The van der Waals surface area contributed by atoms with Crippen LogP contribution in [-0.2, 0) is 5.60 Å². The molecule has 0 aliphatic carbocycles. The Bertz CT molecular complexity index is 1510. The summed E-state index contributed by atoms with van der Waals surface area (Å²) in [5, 5.41) is 11.5. The van der Waals surface area contributed by atoms with Gasteiger partial charge in [-0.3, -0.25) is 4.79 Å². The summed E-state index contributed by atoms with van der Waals surface area (Å²) in [4.78, 5) is 21.7. The average Bonchev–Trinajstić information content (AvgIpc) is 3.51. The Morgan fingerprint density at radius 3 is 2.62 bits per heavy atom. The van der Waals surface area contributed by atoms with Crippen molar-refractivity contribution < 1.29 is 23.4 Å². The lowest BCUT2D eigenvalue weighted by atomic mass is 9.93. The molecule has 6 nitrogen and oxygen atoms in total. The second kappa shape index (κ2) is 8.24. The summed E-state index contributed by atoms with van der Waals surface area (Å²) in [5.74, 6) is -1.31. The standard InChI is InChI=1S/C26H19F2N3O3/c1-26(33,15-5-3-2-4-6-15)23-13-30-25(31-23)18-11-16(7-8-20(18)27)34-24-19(14-32)17-9-10-29-22(17)12-21(24)28/h2-14,29,33H,1H3,(H,30,31). The van der Waals surface area contributed by atoms with Crippen LogP contribution in [0.15, 0.2) is 73.1 Å². The molecule has 5 aromatic rings. The molecule has 2 aromatic heterocycles. The number of rotatable bonds is 6. The summed E-state index contributed by atoms with van der Waals surface area (Å²) in [7, 11) is 0. The maximum absolute atomic E-state index is 14.7. The van der Waals surface area contributed by atoms with E-state index in [1.165, 1.54) is 24.4 Å². The predicted molar refractivity (Wildman–Crippen MR) is 123 cm³/mol. The van der Waals surface area contributed by atoms with Crippen LogP contribution in [0.3, 0.4) is 0 Å². The Balaban J connectivity index is 1.51. The number of carbonyl (C=O) groups excluding carboxylic acids is 1. The van der Waals surface area contributed by atoms with Crippen molar-refractivity contribution >= 4 is 17.2 Å². The van der Waals surface area contributed by atoms with Gasteiger partial charge in [0.05, 0.1) is 23.0 Å². The van der Waals surface area contributed by atoms with Crippen LogP contribution < -0.4 is 4.74 Å². The average molecular weight is 459 g/mol. The SMILES string of the molecule is CC(O)(c1ccccc1)c1cnc(-c2cc(Oc3c(F)cc4[nH]ccc4c3C=O)ccc2F)[nH]1. The summed E-state index contributed by atoms with van der Waals surface area (Å²) >= 11 is 0. The molecule has 0 aliphatic rings. The Kier molecular flexibility index (Phi) is 5.22. The molecule has 0 saturated carbocycles. The van der Waals surface area contributed by atoms with Gasteiger partial charge in [0.1, 0.15) is 23.0 Å². The topological polar surface area (TPSA) is 91.0 Å². The third-order valence-electron chi connectivity index (χ3n) is 5.77. The number of imidazole rings is 1. The van der Waals surface area contributed by atoms with Crippen LogP contribution in [0.25, 0.3) is 22.3 Å². The van der Waals surface area contributed by atoms with Gasteiger partial charge in [-0.1, -0.05) is 30.3 Å². The highest BCUT2D eigenvalue weighted by molar-refractivity contribution is 6.00. The lowest BCUT2D eigenvalue weighted by Gasteiger charge is -2.22. The van der Waals surface area contributed by atoms with Crippen LogP contribution in [0.2, 0.25) is 0 Å². The number of aromatic amines is 2. The molecule has 34 heavy (non-hydrogen) atoms. The van der Waals surface area contributed by atoms with Gasteiger partial charge in [0.15, 0.2) is 17.9 Å². The number of halogens is 2. The first kappa shape index (κ1) is 21.5. The molecule has 0 saturated heterocycles. The zero-order chi connectivity index (χ0) is 23.9. The fraction of sp³-hybridized carbons (Fsp3) is 0.0769. The monoisotopic (exact) mass is 459 g/mol. The molecular weight excluding hydrogens is 440 g/mol. The Hall–Kier alpha value is -4.30. The van der Waals surface area contributed by atoms with E-state index in [-0.39, 0.29) is 28.5 Å². The molecule has 0 bridgehead atoms. The zero-order valence-corrected chi connectivity index (χ0v) is 18.0. The van der Waals surface area contributed by atoms with Crippen molar-refractivity contribution in [3.05, 3.63) is 102 Å². The first-order valence-electron chi connectivity index (χ1n) is 10.4. The molecule has 0 radical (unpaired) electrons. The van der Waals surface area contributed by atoms with Gasteiger partial charge < -0.3 is 19.8 Å².